The molecular formula is C15H12Cl2N2O2S. The van der Waals surface area contributed by atoms with E-state index in [9.17, 15) is 9.59 Å². The number of benzene rings is 1. The van der Waals surface area contributed by atoms with Gasteiger partial charge in [0.15, 0.2) is 10.9 Å². The topological polar surface area (TPSA) is 59.1 Å². The van der Waals surface area contributed by atoms with E-state index in [1.54, 1.807) is 25.1 Å². The lowest BCUT2D eigenvalue weighted by Crippen LogP contribution is -2.07. The Morgan fingerprint density at radius 3 is 2.45 bits per heavy atom. The number of anilines is 1. The van der Waals surface area contributed by atoms with Crippen molar-refractivity contribution in [2.24, 2.45) is 0 Å². The van der Waals surface area contributed by atoms with Crippen LogP contribution in [0, 0.1) is 6.92 Å². The first kappa shape index (κ1) is 16.7. The number of aromatic nitrogens is 1. The molecule has 0 saturated heterocycles. The zero-order chi connectivity index (χ0) is 16.3. The van der Waals surface area contributed by atoms with Crippen LogP contribution in [0.1, 0.15) is 27.9 Å². The Bertz CT molecular complexity index is 749. The summed E-state index contributed by atoms with van der Waals surface area (Å²) in [4.78, 5) is 27.9. The minimum atomic E-state index is -0.375. The highest BCUT2D eigenvalue weighted by atomic mass is 35.5. The van der Waals surface area contributed by atoms with E-state index in [1.807, 2.05) is 0 Å². The maximum atomic E-state index is 11.9. The predicted molar refractivity (Wildman–Crippen MR) is 91.0 cm³/mol. The fourth-order valence-electron chi connectivity index (χ4n) is 1.75. The second kappa shape index (κ2) is 7.05. The summed E-state index contributed by atoms with van der Waals surface area (Å²) in [6, 6.07) is 5.10. The lowest BCUT2D eigenvalue weighted by atomic mass is 10.2. The van der Waals surface area contributed by atoms with Crippen molar-refractivity contribution < 1.29 is 9.59 Å². The first-order chi connectivity index (χ1) is 10.4. The van der Waals surface area contributed by atoms with Crippen LogP contribution in [0.5, 0.6) is 0 Å². The quantitative estimate of drug-likeness (QED) is 0.643. The Morgan fingerprint density at radius 1 is 1.27 bits per heavy atom. The lowest BCUT2D eigenvalue weighted by molar-refractivity contribution is -0.111. The Morgan fingerprint density at radius 2 is 1.91 bits per heavy atom. The number of rotatable bonds is 4. The van der Waals surface area contributed by atoms with E-state index in [0.29, 0.717) is 31.3 Å². The summed E-state index contributed by atoms with van der Waals surface area (Å²) in [5.74, 6) is -0.450. The summed E-state index contributed by atoms with van der Waals surface area (Å²) < 4.78 is 0. The normalized spacial score (nSPS) is 10.9. The summed E-state index contributed by atoms with van der Waals surface area (Å²) in [7, 11) is 0. The van der Waals surface area contributed by atoms with E-state index in [0.717, 1.165) is 11.3 Å². The number of carbonyl (C=O) groups is 2. The van der Waals surface area contributed by atoms with E-state index in [1.165, 1.54) is 19.1 Å². The van der Waals surface area contributed by atoms with E-state index >= 15 is 0 Å². The number of Topliss-reactive ketones (excluding diaryl/α,β-unsaturated/α-hetero) is 1. The van der Waals surface area contributed by atoms with Crippen molar-refractivity contribution in [3.05, 3.63) is 50.5 Å². The van der Waals surface area contributed by atoms with Gasteiger partial charge in [-0.1, -0.05) is 40.6 Å². The Hall–Kier alpha value is -1.69. The van der Waals surface area contributed by atoms with Gasteiger partial charge in [-0.2, -0.15) is 0 Å². The molecule has 0 fully saturated rings. The van der Waals surface area contributed by atoms with Gasteiger partial charge in [0.05, 0.1) is 10.6 Å². The van der Waals surface area contributed by atoms with Crippen LogP contribution in [0.4, 0.5) is 5.13 Å². The highest BCUT2D eigenvalue weighted by molar-refractivity contribution is 7.17. The average molecular weight is 355 g/mol. The zero-order valence-electron chi connectivity index (χ0n) is 11.8. The molecule has 1 N–H and O–H groups in total. The standard InChI is InChI=1S/C15H12Cl2N2O2S/c1-8-14(9(2)20)22-15(18-8)19-13(21)7-6-10-11(16)4-3-5-12(10)17/h3-7H,1-2H3,(H,18,19,21). The summed E-state index contributed by atoms with van der Waals surface area (Å²) >= 11 is 13.2. The number of ketones is 1. The molecule has 1 amide bonds. The van der Waals surface area contributed by atoms with Crippen LogP contribution < -0.4 is 5.32 Å². The number of carbonyl (C=O) groups excluding carboxylic acids is 2. The van der Waals surface area contributed by atoms with Gasteiger partial charge in [-0.15, -0.1) is 0 Å². The van der Waals surface area contributed by atoms with Crippen molar-refractivity contribution in [1.82, 2.24) is 4.98 Å². The number of amides is 1. The van der Waals surface area contributed by atoms with Crippen LogP contribution in [0.15, 0.2) is 24.3 Å². The van der Waals surface area contributed by atoms with E-state index in [4.69, 9.17) is 23.2 Å². The van der Waals surface area contributed by atoms with Crippen LogP contribution in [-0.4, -0.2) is 16.7 Å². The number of thiazole rings is 1. The Labute approximate surface area is 141 Å². The number of nitrogens with one attached hydrogen (secondary N) is 1. The van der Waals surface area contributed by atoms with Gasteiger partial charge in [-0.3, -0.25) is 14.9 Å². The highest BCUT2D eigenvalue weighted by Gasteiger charge is 2.12. The number of hydrogen-bond acceptors (Lipinski definition) is 4. The summed E-state index contributed by atoms with van der Waals surface area (Å²) in [5, 5.41) is 3.91. The van der Waals surface area contributed by atoms with Crippen molar-refractivity contribution in [2.75, 3.05) is 5.32 Å². The average Bonchev–Trinajstić information content (AvgIpc) is 2.79. The molecule has 0 atom stereocenters. The van der Waals surface area contributed by atoms with Crippen LogP contribution in [0.3, 0.4) is 0 Å². The SMILES string of the molecule is CC(=O)c1sc(NC(=O)C=Cc2c(Cl)cccc2Cl)nc1C. The minimum Gasteiger partial charge on any atom is -0.298 e. The van der Waals surface area contributed by atoms with Crippen molar-refractivity contribution in [3.8, 4) is 0 Å². The minimum absolute atomic E-state index is 0.0751. The summed E-state index contributed by atoms with van der Waals surface area (Å²) in [5.41, 5.74) is 1.17. The molecule has 0 aliphatic carbocycles. The van der Waals surface area contributed by atoms with Crippen molar-refractivity contribution in [1.29, 1.82) is 0 Å². The molecule has 2 rings (SSSR count). The highest BCUT2D eigenvalue weighted by Crippen LogP contribution is 2.26. The largest absolute Gasteiger partial charge is 0.298 e. The van der Waals surface area contributed by atoms with Crippen molar-refractivity contribution in [2.45, 2.75) is 13.8 Å². The van der Waals surface area contributed by atoms with E-state index in [-0.39, 0.29) is 11.7 Å². The molecule has 1 aromatic carbocycles. The third kappa shape index (κ3) is 3.94. The van der Waals surface area contributed by atoms with Crippen LogP contribution in [0.25, 0.3) is 6.08 Å². The second-order valence-corrected chi connectivity index (χ2v) is 6.26. The van der Waals surface area contributed by atoms with Crippen molar-refractivity contribution in [3.63, 3.8) is 0 Å². The second-order valence-electron chi connectivity index (χ2n) is 4.45. The molecule has 0 aliphatic heterocycles. The molecule has 22 heavy (non-hydrogen) atoms. The number of hydrogen-bond donors (Lipinski definition) is 1. The summed E-state index contributed by atoms with van der Waals surface area (Å²) in [6.07, 6.45) is 2.85. The third-order valence-corrected chi connectivity index (χ3v) is 4.58. The van der Waals surface area contributed by atoms with Gasteiger partial charge >= 0.3 is 0 Å². The van der Waals surface area contributed by atoms with Gasteiger partial charge in [0.2, 0.25) is 5.91 Å². The van der Waals surface area contributed by atoms with Gasteiger partial charge in [0.25, 0.3) is 0 Å². The molecule has 4 nitrogen and oxygen atoms in total. The van der Waals surface area contributed by atoms with Crippen molar-refractivity contribution >= 4 is 57.4 Å². The molecule has 0 radical (unpaired) electrons. The Kier molecular flexibility index (Phi) is 5.34. The molecule has 0 unspecified atom stereocenters. The molecule has 1 aromatic heterocycles. The van der Waals surface area contributed by atoms with E-state index < -0.39 is 0 Å². The molecular weight excluding hydrogens is 343 g/mol. The van der Waals surface area contributed by atoms with Gasteiger partial charge in [-0.05, 0) is 25.1 Å². The van der Waals surface area contributed by atoms with Gasteiger partial charge in [0.1, 0.15) is 0 Å². The number of halogens is 2. The predicted octanol–water partition coefficient (Wildman–Crippen LogP) is 4.61. The summed E-state index contributed by atoms with van der Waals surface area (Å²) in [6.45, 7) is 3.19. The molecule has 0 aliphatic rings. The monoisotopic (exact) mass is 354 g/mol. The molecule has 7 heteroatoms. The lowest BCUT2D eigenvalue weighted by Gasteiger charge is -2.00. The molecule has 114 valence electrons. The van der Waals surface area contributed by atoms with Crippen LogP contribution in [0.2, 0.25) is 10.0 Å². The Balaban J connectivity index is 2.12. The molecule has 2 aromatic rings. The molecule has 0 bridgehead atoms. The molecule has 1 heterocycles. The van der Waals surface area contributed by atoms with Gasteiger partial charge in [-0.25, -0.2) is 4.98 Å². The third-order valence-electron chi connectivity index (χ3n) is 2.75. The maximum absolute atomic E-state index is 11.9. The number of aryl methyl sites for hydroxylation is 1. The fourth-order valence-corrected chi connectivity index (χ4v) is 3.14. The first-order valence-corrected chi connectivity index (χ1v) is 7.87. The first-order valence-electron chi connectivity index (χ1n) is 6.30. The molecule has 0 saturated carbocycles. The zero-order valence-corrected chi connectivity index (χ0v) is 14.1. The van der Waals surface area contributed by atoms with Crippen LogP contribution >= 0.6 is 34.5 Å². The fraction of sp³-hybridized carbons (Fsp3) is 0.133. The smallest absolute Gasteiger partial charge is 0.250 e. The van der Waals surface area contributed by atoms with Crippen LogP contribution in [-0.2, 0) is 4.79 Å². The number of nitrogens with zero attached hydrogens (tertiary/aromatic N) is 1. The molecule has 0 spiro atoms. The van der Waals surface area contributed by atoms with E-state index in [2.05, 4.69) is 10.3 Å². The van der Waals surface area contributed by atoms with Gasteiger partial charge in [0, 0.05) is 28.6 Å². The van der Waals surface area contributed by atoms with Gasteiger partial charge < -0.3 is 0 Å². The maximum Gasteiger partial charge on any atom is 0.250 e.